The van der Waals surface area contributed by atoms with Crippen LogP contribution in [0.1, 0.15) is 5.56 Å². The summed E-state index contributed by atoms with van der Waals surface area (Å²) in [6.07, 6.45) is 4.26. The molecule has 0 aliphatic heterocycles. The third kappa shape index (κ3) is 3.75. The summed E-state index contributed by atoms with van der Waals surface area (Å²) >= 11 is 1.53. The number of pyridine rings is 1. The summed E-state index contributed by atoms with van der Waals surface area (Å²) in [5, 5.41) is 6.95. The molecule has 2 aromatic heterocycles. The van der Waals surface area contributed by atoms with Crippen LogP contribution in [-0.2, 0) is 13.5 Å². The minimum absolute atomic E-state index is 0.314. The Kier molecular flexibility index (Phi) is 4.68. The number of para-hydroxylation sites is 1. The first kappa shape index (κ1) is 15.2. The number of hydrogen-bond donors (Lipinski definition) is 2. The van der Waals surface area contributed by atoms with E-state index in [-0.39, 0.29) is 6.03 Å². The molecule has 118 valence electrons. The van der Waals surface area contributed by atoms with E-state index in [9.17, 15) is 4.79 Å². The second kappa shape index (κ2) is 7.06. The van der Waals surface area contributed by atoms with Gasteiger partial charge in [0.05, 0.1) is 10.2 Å². The standard InChI is InChI=1S/C16H17N5OS/c1-21-13-6-2-3-7-14(13)23-16(21)20-19-15(22)18-10-8-12-5-4-9-17-11-12/h2-7,9,11H,8,10H2,1H3,(H2,18,19,22). The van der Waals surface area contributed by atoms with Crippen LogP contribution in [0.2, 0.25) is 0 Å². The van der Waals surface area contributed by atoms with E-state index in [0.717, 1.165) is 27.0 Å². The van der Waals surface area contributed by atoms with Gasteiger partial charge in [-0.05, 0) is 30.2 Å². The van der Waals surface area contributed by atoms with Crippen LogP contribution in [0.25, 0.3) is 10.2 Å². The zero-order chi connectivity index (χ0) is 16.1. The highest BCUT2D eigenvalue weighted by Crippen LogP contribution is 2.14. The van der Waals surface area contributed by atoms with Gasteiger partial charge in [0, 0.05) is 26.0 Å². The number of rotatable bonds is 4. The van der Waals surface area contributed by atoms with Gasteiger partial charge in [-0.1, -0.05) is 29.5 Å². The van der Waals surface area contributed by atoms with Crippen molar-refractivity contribution in [2.24, 2.45) is 12.1 Å². The number of carbonyl (C=O) groups is 1. The Morgan fingerprint density at radius 2 is 2.17 bits per heavy atom. The predicted octanol–water partition coefficient (Wildman–Crippen LogP) is 1.99. The van der Waals surface area contributed by atoms with Crippen LogP contribution >= 0.6 is 11.3 Å². The van der Waals surface area contributed by atoms with E-state index in [4.69, 9.17) is 0 Å². The Morgan fingerprint density at radius 3 is 2.96 bits per heavy atom. The highest BCUT2D eigenvalue weighted by molar-refractivity contribution is 7.16. The Labute approximate surface area is 137 Å². The van der Waals surface area contributed by atoms with Crippen LogP contribution < -0.4 is 15.5 Å². The van der Waals surface area contributed by atoms with Gasteiger partial charge in [-0.25, -0.2) is 10.2 Å². The molecule has 0 spiro atoms. The average molecular weight is 327 g/mol. The summed E-state index contributed by atoms with van der Waals surface area (Å²) in [6, 6.07) is 11.6. The fourth-order valence-electron chi connectivity index (χ4n) is 2.19. The second-order valence-corrected chi connectivity index (χ2v) is 6.01. The number of aromatic nitrogens is 2. The first-order valence-corrected chi connectivity index (χ1v) is 8.07. The first-order valence-electron chi connectivity index (χ1n) is 7.25. The van der Waals surface area contributed by atoms with Gasteiger partial charge >= 0.3 is 6.03 Å². The molecule has 3 aromatic rings. The van der Waals surface area contributed by atoms with Crippen molar-refractivity contribution in [1.82, 2.24) is 20.3 Å². The summed E-state index contributed by atoms with van der Waals surface area (Å²) in [6.45, 7) is 0.533. The lowest BCUT2D eigenvalue weighted by molar-refractivity contribution is 0.241. The van der Waals surface area contributed by atoms with Gasteiger partial charge in [-0.2, -0.15) is 0 Å². The Balaban J connectivity index is 1.58. The second-order valence-electron chi connectivity index (χ2n) is 5.00. The molecular formula is C16H17N5OS. The van der Waals surface area contributed by atoms with E-state index < -0.39 is 0 Å². The maximum absolute atomic E-state index is 11.8. The van der Waals surface area contributed by atoms with Crippen LogP contribution in [-0.4, -0.2) is 22.1 Å². The van der Waals surface area contributed by atoms with Crippen molar-refractivity contribution in [2.75, 3.05) is 6.54 Å². The highest BCUT2D eigenvalue weighted by Gasteiger charge is 2.02. The molecular weight excluding hydrogens is 310 g/mol. The number of hydrogen-bond acceptors (Lipinski definition) is 4. The normalized spacial score (nSPS) is 11.6. The van der Waals surface area contributed by atoms with Crippen molar-refractivity contribution in [3.8, 4) is 0 Å². The fourth-order valence-corrected chi connectivity index (χ4v) is 3.17. The third-order valence-electron chi connectivity index (χ3n) is 3.39. The zero-order valence-corrected chi connectivity index (χ0v) is 13.5. The lowest BCUT2D eigenvalue weighted by atomic mass is 10.2. The number of carbonyl (C=O) groups excluding carboxylic acids is 1. The molecule has 0 aliphatic carbocycles. The molecule has 2 N–H and O–H groups in total. The predicted molar refractivity (Wildman–Crippen MR) is 90.8 cm³/mol. The molecule has 0 bridgehead atoms. The summed E-state index contributed by atoms with van der Waals surface area (Å²) in [7, 11) is 1.93. The number of aryl methyl sites for hydroxylation is 1. The molecule has 6 nitrogen and oxygen atoms in total. The van der Waals surface area contributed by atoms with Crippen molar-refractivity contribution < 1.29 is 4.79 Å². The molecule has 3 rings (SSSR count). The molecule has 23 heavy (non-hydrogen) atoms. The minimum atomic E-state index is -0.314. The van der Waals surface area contributed by atoms with Gasteiger partial charge in [0.2, 0.25) is 4.80 Å². The number of urea groups is 1. The number of benzene rings is 1. The molecule has 0 fully saturated rings. The summed E-state index contributed by atoms with van der Waals surface area (Å²) < 4.78 is 3.09. The third-order valence-corrected chi connectivity index (χ3v) is 4.50. The van der Waals surface area contributed by atoms with E-state index in [1.807, 2.05) is 48.0 Å². The lowest BCUT2D eigenvalue weighted by Gasteiger charge is -2.03. The van der Waals surface area contributed by atoms with E-state index in [1.54, 1.807) is 12.4 Å². The fraction of sp³-hybridized carbons (Fsp3) is 0.188. The summed E-state index contributed by atoms with van der Waals surface area (Å²) in [5.74, 6) is 0. The molecule has 1 aromatic carbocycles. The molecule has 0 aliphatic rings. The van der Waals surface area contributed by atoms with Crippen LogP contribution in [0, 0.1) is 0 Å². The van der Waals surface area contributed by atoms with Crippen molar-refractivity contribution in [2.45, 2.75) is 6.42 Å². The van der Waals surface area contributed by atoms with Crippen LogP contribution in [0.15, 0.2) is 53.9 Å². The van der Waals surface area contributed by atoms with Gasteiger partial charge in [0.15, 0.2) is 0 Å². The molecule has 2 heterocycles. The van der Waals surface area contributed by atoms with Crippen LogP contribution in [0.5, 0.6) is 0 Å². The quantitative estimate of drug-likeness (QED) is 0.720. The Bertz CT molecular complexity index is 869. The van der Waals surface area contributed by atoms with E-state index in [0.29, 0.717) is 6.54 Å². The number of fused-ring (bicyclic) bond motifs is 1. The van der Waals surface area contributed by atoms with E-state index in [1.165, 1.54) is 11.3 Å². The molecule has 0 unspecified atom stereocenters. The number of nitrogens with zero attached hydrogens (tertiary/aromatic N) is 3. The molecule has 0 saturated heterocycles. The van der Waals surface area contributed by atoms with Crippen molar-refractivity contribution >= 4 is 27.6 Å². The Morgan fingerprint density at radius 1 is 1.30 bits per heavy atom. The first-order chi connectivity index (χ1) is 11.2. The van der Waals surface area contributed by atoms with E-state index >= 15 is 0 Å². The molecule has 0 radical (unpaired) electrons. The molecule has 7 heteroatoms. The number of nitrogens with one attached hydrogen (secondary N) is 2. The number of amides is 2. The minimum Gasteiger partial charge on any atom is -0.336 e. The van der Waals surface area contributed by atoms with Gasteiger partial charge in [-0.3, -0.25) is 4.98 Å². The molecule has 0 atom stereocenters. The van der Waals surface area contributed by atoms with Crippen LogP contribution in [0.3, 0.4) is 0 Å². The van der Waals surface area contributed by atoms with Crippen molar-refractivity contribution in [1.29, 1.82) is 0 Å². The Hall–Kier alpha value is -2.67. The monoisotopic (exact) mass is 327 g/mol. The van der Waals surface area contributed by atoms with Crippen molar-refractivity contribution in [3.05, 3.63) is 59.2 Å². The maximum atomic E-state index is 11.8. The van der Waals surface area contributed by atoms with Gasteiger partial charge < -0.3 is 9.88 Å². The average Bonchev–Trinajstić information content (AvgIpc) is 2.90. The largest absolute Gasteiger partial charge is 0.336 e. The van der Waals surface area contributed by atoms with Crippen molar-refractivity contribution in [3.63, 3.8) is 0 Å². The van der Waals surface area contributed by atoms with E-state index in [2.05, 4.69) is 20.8 Å². The van der Waals surface area contributed by atoms with Gasteiger partial charge in [0.25, 0.3) is 0 Å². The van der Waals surface area contributed by atoms with Gasteiger partial charge in [0.1, 0.15) is 0 Å². The topological polar surface area (TPSA) is 71.3 Å². The zero-order valence-electron chi connectivity index (χ0n) is 12.7. The molecule has 0 saturated carbocycles. The van der Waals surface area contributed by atoms with Crippen LogP contribution in [0.4, 0.5) is 4.79 Å². The smallest absolute Gasteiger partial charge is 0.335 e. The molecule has 2 amide bonds. The SMILES string of the molecule is Cn1c(=NNC(=O)NCCc2cccnc2)sc2ccccc21. The number of thiazole rings is 1. The summed E-state index contributed by atoms with van der Waals surface area (Å²) in [5.41, 5.74) is 4.71. The highest BCUT2D eigenvalue weighted by atomic mass is 32.1. The summed E-state index contributed by atoms with van der Waals surface area (Å²) in [4.78, 5) is 16.6. The lowest BCUT2D eigenvalue weighted by Crippen LogP contribution is -2.35. The maximum Gasteiger partial charge on any atom is 0.335 e. The van der Waals surface area contributed by atoms with Gasteiger partial charge in [-0.15, -0.1) is 5.10 Å².